The van der Waals surface area contributed by atoms with E-state index >= 15 is 0 Å². The lowest BCUT2D eigenvalue weighted by molar-refractivity contribution is 0.00997. The molecule has 2 N–H and O–H groups in total. The molecule has 1 aromatic rings. The highest BCUT2D eigenvalue weighted by Gasteiger charge is 2.24. The predicted molar refractivity (Wildman–Crippen MR) is 95.4 cm³/mol. The van der Waals surface area contributed by atoms with E-state index in [9.17, 15) is 10.2 Å². The second-order valence-corrected chi connectivity index (χ2v) is 8.05. The largest absolute Gasteiger partial charge is 0.390 e. The van der Waals surface area contributed by atoms with E-state index < -0.39 is 11.2 Å². The predicted octanol–water partition coefficient (Wildman–Crippen LogP) is 4.08. The van der Waals surface area contributed by atoms with E-state index in [0.717, 1.165) is 50.9 Å². The summed E-state index contributed by atoms with van der Waals surface area (Å²) in [5, 5.41) is 21.0. The van der Waals surface area contributed by atoms with Crippen molar-refractivity contribution in [1.29, 1.82) is 0 Å². The molecule has 1 heterocycles. The van der Waals surface area contributed by atoms with Crippen LogP contribution in [0.4, 0.5) is 0 Å². The average Bonchev–Trinajstić information content (AvgIpc) is 2.81. The third kappa shape index (κ3) is 8.52. The van der Waals surface area contributed by atoms with Crippen molar-refractivity contribution in [1.82, 2.24) is 9.55 Å². The van der Waals surface area contributed by atoms with Crippen LogP contribution in [0.5, 0.6) is 0 Å². The lowest BCUT2D eigenvalue weighted by atomic mass is 9.88. The molecule has 0 bridgehead atoms. The van der Waals surface area contributed by atoms with E-state index in [2.05, 4.69) is 23.4 Å². The first-order valence-electron chi connectivity index (χ1n) is 9.04. The molecule has 23 heavy (non-hydrogen) atoms. The summed E-state index contributed by atoms with van der Waals surface area (Å²) in [6.45, 7) is 11.0. The zero-order valence-electron chi connectivity index (χ0n) is 15.7. The van der Waals surface area contributed by atoms with Gasteiger partial charge in [0.1, 0.15) is 5.82 Å². The van der Waals surface area contributed by atoms with Crippen LogP contribution in [0, 0.1) is 12.8 Å². The second kappa shape index (κ2) is 8.84. The van der Waals surface area contributed by atoms with Gasteiger partial charge >= 0.3 is 0 Å². The first kappa shape index (κ1) is 20.2. The highest BCUT2D eigenvalue weighted by molar-refractivity contribution is 4.89. The van der Waals surface area contributed by atoms with Gasteiger partial charge in [0.05, 0.1) is 11.2 Å². The summed E-state index contributed by atoms with van der Waals surface area (Å²) in [6, 6.07) is 0. The van der Waals surface area contributed by atoms with Gasteiger partial charge in [-0.1, -0.05) is 26.7 Å². The van der Waals surface area contributed by atoms with Gasteiger partial charge in [-0.05, 0) is 58.8 Å². The minimum Gasteiger partial charge on any atom is -0.390 e. The Balaban J connectivity index is 2.27. The second-order valence-electron chi connectivity index (χ2n) is 8.05. The number of rotatable bonds is 11. The Kier molecular flexibility index (Phi) is 7.75. The zero-order valence-corrected chi connectivity index (χ0v) is 15.7. The molecule has 2 atom stereocenters. The van der Waals surface area contributed by atoms with E-state index in [1.807, 2.05) is 27.0 Å². The molecule has 0 spiro atoms. The van der Waals surface area contributed by atoms with Crippen molar-refractivity contribution in [3.8, 4) is 0 Å². The maximum absolute atomic E-state index is 10.5. The molecule has 0 aliphatic carbocycles. The fraction of sp³-hybridized carbons (Fsp3) is 0.842. The van der Waals surface area contributed by atoms with Crippen LogP contribution in [0.25, 0.3) is 0 Å². The van der Waals surface area contributed by atoms with Crippen LogP contribution < -0.4 is 0 Å². The third-order valence-corrected chi connectivity index (χ3v) is 4.74. The first-order valence-corrected chi connectivity index (χ1v) is 9.04. The quantitative estimate of drug-likeness (QED) is 0.645. The number of aliphatic hydroxyl groups is 2. The van der Waals surface area contributed by atoms with E-state index in [1.54, 1.807) is 6.20 Å². The topological polar surface area (TPSA) is 58.3 Å². The van der Waals surface area contributed by atoms with E-state index in [0.29, 0.717) is 12.3 Å². The molecule has 1 rings (SSSR count). The Bertz CT molecular complexity index is 450. The summed E-state index contributed by atoms with van der Waals surface area (Å²) in [6.07, 6.45) is 9.86. The number of hydrogen-bond acceptors (Lipinski definition) is 3. The van der Waals surface area contributed by atoms with E-state index in [-0.39, 0.29) is 0 Å². The molecular weight excluding hydrogens is 288 g/mol. The molecule has 4 nitrogen and oxygen atoms in total. The van der Waals surface area contributed by atoms with Crippen LogP contribution in [0.1, 0.15) is 78.5 Å². The smallest absolute Gasteiger partial charge is 0.105 e. The van der Waals surface area contributed by atoms with Crippen LogP contribution in [0.15, 0.2) is 12.4 Å². The van der Waals surface area contributed by atoms with E-state index in [1.165, 1.54) is 0 Å². The number of aryl methyl sites for hydroxylation is 2. The van der Waals surface area contributed by atoms with Crippen molar-refractivity contribution in [3.63, 3.8) is 0 Å². The van der Waals surface area contributed by atoms with Gasteiger partial charge in [-0.15, -0.1) is 0 Å². The van der Waals surface area contributed by atoms with Gasteiger partial charge in [0.2, 0.25) is 0 Å². The van der Waals surface area contributed by atoms with Crippen LogP contribution in [0.3, 0.4) is 0 Å². The molecule has 134 valence electrons. The molecule has 0 aliphatic heterocycles. The monoisotopic (exact) mass is 324 g/mol. The van der Waals surface area contributed by atoms with Crippen LogP contribution in [-0.4, -0.2) is 31.0 Å². The van der Waals surface area contributed by atoms with Crippen molar-refractivity contribution in [3.05, 3.63) is 18.2 Å². The highest BCUT2D eigenvalue weighted by atomic mass is 16.3. The Morgan fingerprint density at radius 2 is 1.61 bits per heavy atom. The van der Waals surface area contributed by atoms with Gasteiger partial charge in [-0.3, -0.25) is 0 Å². The molecule has 0 fully saturated rings. The molecule has 1 aromatic heterocycles. The summed E-state index contributed by atoms with van der Waals surface area (Å²) in [5.74, 6) is 1.67. The van der Waals surface area contributed by atoms with Crippen LogP contribution in [-0.2, 0) is 6.54 Å². The Hall–Kier alpha value is -0.870. The summed E-state index contributed by atoms with van der Waals surface area (Å²) in [7, 11) is 0. The zero-order chi connectivity index (χ0) is 17.5. The standard InChI is InChI=1S/C19H36N2O2/c1-16(2)8-6-9-18(4,22)10-7-11-19(5,23)12-14-21-15-13-20-17(21)3/h13,15-16,22-23H,6-12,14H2,1-5H3. The molecule has 0 amide bonds. The van der Waals surface area contributed by atoms with Crippen molar-refractivity contribution in [2.75, 3.05) is 0 Å². The average molecular weight is 325 g/mol. The highest BCUT2D eigenvalue weighted by Crippen LogP contribution is 2.26. The van der Waals surface area contributed by atoms with Gasteiger partial charge in [-0.25, -0.2) is 4.98 Å². The van der Waals surface area contributed by atoms with Crippen molar-refractivity contribution in [2.24, 2.45) is 5.92 Å². The number of hydrogen-bond donors (Lipinski definition) is 2. The first-order chi connectivity index (χ1) is 10.6. The Morgan fingerprint density at radius 1 is 1.04 bits per heavy atom. The normalized spacial score (nSPS) is 17.2. The van der Waals surface area contributed by atoms with Crippen LogP contribution in [0.2, 0.25) is 0 Å². The fourth-order valence-corrected chi connectivity index (χ4v) is 2.99. The molecule has 4 heteroatoms. The minimum atomic E-state index is -0.690. The van der Waals surface area contributed by atoms with Crippen LogP contribution >= 0.6 is 0 Å². The van der Waals surface area contributed by atoms with Gasteiger partial charge in [0, 0.05) is 18.9 Å². The summed E-state index contributed by atoms with van der Waals surface area (Å²) in [4.78, 5) is 4.20. The van der Waals surface area contributed by atoms with Crippen molar-refractivity contribution >= 4 is 0 Å². The summed E-state index contributed by atoms with van der Waals surface area (Å²) >= 11 is 0. The molecule has 2 unspecified atom stereocenters. The molecule has 0 aliphatic rings. The third-order valence-electron chi connectivity index (χ3n) is 4.74. The summed E-state index contributed by atoms with van der Waals surface area (Å²) < 4.78 is 2.07. The minimum absolute atomic E-state index is 0.605. The molecular formula is C19H36N2O2. The van der Waals surface area contributed by atoms with Crippen molar-refractivity contribution < 1.29 is 10.2 Å². The molecule has 0 saturated carbocycles. The van der Waals surface area contributed by atoms with Gasteiger partial charge < -0.3 is 14.8 Å². The SMILES string of the molecule is Cc1nccn1CCC(C)(O)CCCC(C)(O)CCCC(C)C. The summed E-state index contributed by atoms with van der Waals surface area (Å²) in [5.41, 5.74) is -1.30. The van der Waals surface area contributed by atoms with Gasteiger partial charge in [0.25, 0.3) is 0 Å². The van der Waals surface area contributed by atoms with E-state index in [4.69, 9.17) is 0 Å². The van der Waals surface area contributed by atoms with Gasteiger partial charge in [0.15, 0.2) is 0 Å². The molecule has 0 radical (unpaired) electrons. The molecule has 0 aromatic carbocycles. The molecule has 0 saturated heterocycles. The lowest BCUT2D eigenvalue weighted by Crippen LogP contribution is -2.29. The maximum Gasteiger partial charge on any atom is 0.105 e. The lowest BCUT2D eigenvalue weighted by Gasteiger charge is -2.27. The maximum atomic E-state index is 10.5. The fourth-order valence-electron chi connectivity index (χ4n) is 2.99. The number of nitrogens with zero attached hydrogens (tertiary/aromatic N) is 2. The number of imidazole rings is 1. The Morgan fingerprint density at radius 3 is 2.13 bits per heavy atom. The van der Waals surface area contributed by atoms with Crippen molar-refractivity contribution in [2.45, 2.75) is 97.3 Å². The Labute approximate surface area is 141 Å². The van der Waals surface area contributed by atoms with Gasteiger partial charge in [-0.2, -0.15) is 0 Å². The number of aromatic nitrogens is 2.